The zero-order valence-electron chi connectivity index (χ0n) is 15.1. The SMILES string of the molecule is Cc1ncc(NC(=O)c2cc(NC(=O)c3cc(F)cc(C(F)(F)F)c3)ccc2Cl)s1. The summed E-state index contributed by atoms with van der Waals surface area (Å²) in [5.41, 5.74) is -1.70. The summed E-state index contributed by atoms with van der Waals surface area (Å²) in [6.07, 6.45) is -3.34. The Morgan fingerprint density at radius 3 is 2.43 bits per heavy atom. The number of benzene rings is 2. The average Bonchev–Trinajstić information content (AvgIpc) is 3.06. The topological polar surface area (TPSA) is 71.1 Å². The Morgan fingerprint density at radius 2 is 1.80 bits per heavy atom. The van der Waals surface area contributed by atoms with Crippen LogP contribution in [-0.4, -0.2) is 16.8 Å². The van der Waals surface area contributed by atoms with Gasteiger partial charge in [0.2, 0.25) is 0 Å². The van der Waals surface area contributed by atoms with Crippen LogP contribution >= 0.6 is 22.9 Å². The van der Waals surface area contributed by atoms with Crippen molar-refractivity contribution in [2.45, 2.75) is 13.1 Å². The summed E-state index contributed by atoms with van der Waals surface area (Å²) in [5.74, 6) is -2.75. The van der Waals surface area contributed by atoms with E-state index in [-0.39, 0.29) is 16.3 Å². The van der Waals surface area contributed by atoms with Gasteiger partial charge in [-0.05, 0) is 43.3 Å². The number of carbonyl (C=O) groups is 2. The summed E-state index contributed by atoms with van der Waals surface area (Å²) in [5, 5.41) is 6.27. The molecule has 0 saturated heterocycles. The first-order valence-electron chi connectivity index (χ1n) is 8.25. The van der Waals surface area contributed by atoms with Crippen LogP contribution in [0.15, 0.2) is 42.6 Å². The molecule has 0 atom stereocenters. The molecule has 0 bridgehead atoms. The number of alkyl halides is 3. The maximum atomic E-state index is 13.5. The fourth-order valence-electron chi connectivity index (χ4n) is 2.46. The zero-order chi connectivity index (χ0) is 22.1. The summed E-state index contributed by atoms with van der Waals surface area (Å²) < 4.78 is 52.1. The lowest BCUT2D eigenvalue weighted by Gasteiger charge is -2.11. The van der Waals surface area contributed by atoms with E-state index in [1.165, 1.54) is 35.7 Å². The number of nitrogens with one attached hydrogen (secondary N) is 2. The van der Waals surface area contributed by atoms with Crippen LogP contribution in [-0.2, 0) is 6.18 Å². The molecule has 1 heterocycles. The highest BCUT2D eigenvalue weighted by atomic mass is 35.5. The van der Waals surface area contributed by atoms with Gasteiger partial charge in [0.15, 0.2) is 0 Å². The van der Waals surface area contributed by atoms with Crippen molar-refractivity contribution < 1.29 is 27.2 Å². The van der Waals surface area contributed by atoms with E-state index in [2.05, 4.69) is 15.6 Å². The van der Waals surface area contributed by atoms with Gasteiger partial charge in [0, 0.05) is 11.3 Å². The molecule has 0 aliphatic heterocycles. The molecular weight excluding hydrogens is 446 g/mol. The van der Waals surface area contributed by atoms with E-state index in [1.807, 2.05) is 0 Å². The number of aryl methyl sites for hydroxylation is 1. The highest BCUT2D eigenvalue weighted by molar-refractivity contribution is 7.15. The van der Waals surface area contributed by atoms with Gasteiger partial charge in [-0.1, -0.05) is 11.6 Å². The number of amides is 2. The van der Waals surface area contributed by atoms with Crippen LogP contribution in [0.5, 0.6) is 0 Å². The Balaban J connectivity index is 1.82. The molecular formula is C19H12ClF4N3O2S. The van der Waals surface area contributed by atoms with E-state index >= 15 is 0 Å². The lowest BCUT2D eigenvalue weighted by Crippen LogP contribution is -2.16. The zero-order valence-corrected chi connectivity index (χ0v) is 16.7. The molecule has 0 radical (unpaired) electrons. The number of hydrogen-bond acceptors (Lipinski definition) is 4. The van der Waals surface area contributed by atoms with E-state index in [1.54, 1.807) is 6.92 Å². The predicted octanol–water partition coefficient (Wildman–Crippen LogP) is 5.77. The van der Waals surface area contributed by atoms with Crippen molar-refractivity contribution >= 4 is 45.4 Å². The van der Waals surface area contributed by atoms with Crippen LogP contribution in [0.25, 0.3) is 0 Å². The molecule has 3 rings (SSSR count). The van der Waals surface area contributed by atoms with Crippen molar-refractivity contribution in [2.75, 3.05) is 10.6 Å². The number of carbonyl (C=O) groups excluding carboxylic acids is 2. The van der Waals surface area contributed by atoms with E-state index in [0.717, 1.165) is 5.01 Å². The molecule has 3 aromatic rings. The fraction of sp³-hybridized carbons (Fsp3) is 0.105. The van der Waals surface area contributed by atoms with Crippen LogP contribution in [0, 0.1) is 12.7 Å². The molecule has 1 aromatic heterocycles. The van der Waals surface area contributed by atoms with Crippen LogP contribution in [0.4, 0.5) is 28.3 Å². The monoisotopic (exact) mass is 457 g/mol. The van der Waals surface area contributed by atoms with Gasteiger partial charge in [-0.2, -0.15) is 13.2 Å². The first kappa shape index (κ1) is 21.7. The normalized spacial score (nSPS) is 11.3. The van der Waals surface area contributed by atoms with E-state index in [4.69, 9.17) is 11.6 Å². The Hall–Kier alpha value is -2.98. The number of nitrogens with zero attached hydrogens (tertiary/aromatic N) is 1. The minimum absolute atomic E-state index is 0.0238. The fourth-order valence-corrected chi connectivity index (χ4v) is 3.34. The lowest BCUT2D eigenvalue weighted by molar-refractivity contribution is -0.137. The highest BCUT2D eigenvalue weighted by Crippen LogP contribution is 2.31. The van der Waals surface area contributed by atoms with Crippen molar-refractivity contribution in [3.63, 3.8) is 0 Å². The average molecular weight is 458 g/mol. The number of rotatable bonds is 4. The summed E-state index contributed by atoms with van der Waals surface area (Å²) in [4.78, 5) is 28.8. The van der Waals surface area contributed by atoms with Gasteiger partial charge in [0.25, 0.3) is 11.8 Å². The van der Waals surface area contributed by atoms with Crippen LogP contribution in [0.1, 0.15) is 31.3 Å². The molecule has 156 valence electrons. The van der Waals surface area contributed by atoms with Crippen LogP contribution in [0.3, 0.4) is 0 Å². The maximum absolute atomic E-state index is 13.5. The second kappa shape index (κ2) is 8.41. The molecule has 2 aromatic carbocycles. The van der Waals surface area contributed by atoms with Crippen molar-refractivity contribution in [3.05, 3.63) is 75.1 Å². The molecule has 30 heavy (non-hydrogen) atoms. The lowest BCUT2D eigenvalue weighted by atomic mass is 10.1. The molecule has 2 amide bonds. The Morgan fingerprint density at radius 1 is 1.07 bits per heavy atom. The van der Waals surface area contributed by atoms with Gasteiger partial charge < -0.3 is 10.6 Å². The maximum Gasteiger partial charge on any atom is 0.416 e. The van der Waals surface area contributed by atoms with E-state index in [0.29, 0.717) is 23.2 Å². The molecule has 11 heteroatoms. The van der Waals surface area contributed by atoms with Crippen LogP contribution in [0.2, 0.25) is 5.02 Å². The molecule has 0 fully saturated rings. The summed E-state index contributed by atoms with van der Waals surface area (Å²) in [7, 11) is 0. The molecule has 0 aliphatic rings. The largest absolute Gasteiger partial charge is 0.416 e. The molecule has 0 saturated carbocycles. The van der Waals surface area contributed by atoms with Gasteiger partial charge in [0.1, 0.15) is 10.8 Å². The molecule has 0 unspecified atom stereocenters. The van der Waals surface area contributed by atoms with Crippen molar-refractivity contribution in [2.24, 2.45) is 0 Å². The standard InChI is InChI=1S/C19H12ClF4N3O2S/c1-9-25-8-16(30-9)27-18(29)14-7-13(2-3-15(14)20)26-17(28)10-4-11(19(22,23)24)6-12(21)5-10/h2-8H,1H3,(H,26,28)(H,27,29). The minimum Gasteiger partial charge on any atom is -0.322 e. The van der Waals surface area contributed by atoms with E-state index < -0.39 is 34.9 Å². The smallest absolute Gasteiger partial charge is 0.322 e. The molecule has 0 aliphatic carbocycles. The van der Waals surface area contributed by atoms with Crippen molar-refractivity contribution in [3.8, 4) is 0 Å². The van der Waals surface area contributed by atoms with Crippen molar-refractivity contribution in [1.29, 1.82) is 0 Å². The number of halogens is 5. The quantitative estimate of drug-likeness (QED) is 0.489. The summed E-state index contributed by atoms with van der Waals surface area (Å²) in [6, 6.07) is 5.47. The number of hydrogen-bond donors (Lipinski definition) is 2. The third kappa shape index (κ3) is 5.14. The van der Waals surface area contributed by atoms with Gasteiger partial charge >= 0.3 is 6.18 Å². The van der Waals surface area contributed by atoms with Gasteiger partial charge in [0.05, 0.1) is 27.4 Å². The first-order valence-corrected chi connectivity index (χ1v) is 9.45. The van der Waals surface area contributed by atoms with Gasteiger partial charge in [-0.15, -0.1) is 11.3 Å². The second-order valence-corrected chi connectivity index (χ2v) is 7.71. The first-order chi connectivity index (χ1) is 14.0. The number of aromatic nitrogens is 1. The Kier molecular flexibility index (Phi) is 6.09. The predicted molar refractivity (Wildman–Crippen MR) is 106 cm³/mol. The second-order valence-electron chi connectivity index (χ2n) is 6.07. The Labute approximate surface area is 176 Å². The number of anilines is 2. The Bertz CT molecular complexity index is 1130. The van der Waals surface area contributed by atoms with Crippen molar-refractivity contribution in [1.82, 2.24) is 4.98 Å². The van der Waals surface area contributed by atoms with Gasteiger partial charge in [-0.25, -0.2) is 9.37 Å². The summed E-state index contributed by atoms with van der Waals surface area (Å²) in [6.45, 7) is 1.76. The van der Waals surface area contributed by atoms with Crippen LogP contribution < -0.4 is 10.6 Å². The third-order valence-corrected chi connectivity index (χ3v) is 4.97. The van der Waals surface area contributed by atoms with Gasteiger partial charge in [-0.3, -0.25) is 9.59 Å². The third-order valence-electron chi connectivity index (χ3n) is 3.81. The molecule has 0 spiro atoms. The minimum atomic E-state index is -4.81. The molecule has 5 nitrogen and oxygen atoms in total. The molecule has 2 N–H and O–H groups in total. The van der Waals surface area contributed by atoms with E-state index in [9.17, 15) is 27.2 Å². The number of thiazole rings is 1. The highest BCUT2D eigenvalue weighted by Gasteiger charge is 2.32. The summed E-state index contributed by atoms with van der Waals surface area (Å²) >= 11 is 7.30.